The van der Waals surface area contributed by atoms with E-state index in [9.17, 15) is 40.5 Å². The highest BCUT2D eigenvalue weighted by Gasteiger charge is 2.69. The molecule has 388 valence electrons. The van der Waals surface area contributed by atoms with E-state index in [2.05, 4.69) is 33.8 Å². The number of hydrogen-bond acceptors (Lipinski definition) is 17. The van der Waals surface area contributed by atoms with Gasteiger partial charge in [0.1, 0.15) is 54.9 Å². The summed E-state index contributed by atoms with van der Waals surface area (Å²) in [4.78, 5) is 12.6. The maximum absolute atomic E-state index is 12.6. The second kappa shape index (κ2) is 20.1. The van der Waals surface area contributed by atoms with Crippen molar-refractivity contribution in [1.82, 2.24) is 0 Å². The first-order valence-electron chi connectivity index (χ1n) is 26.2. The second-order valence-electron chi connectivity index (χ2n) is 23.0. The van der Waals surface area contributed by atoms with Crippen LogP contribution < -0.4 is 0 Å². The number of esters is 1. The molecule has 0 radical (unpaired) electrons. The smallest absolute Gasteiger partial charge is 0.306 e. The van der Waals surface area contributed by atoms with E-state index in [1.807, 2.05) is 6.92 Å². The van der Waals surface area contributed by atoms with Gasteiger partial charge in [-0.2, -0.15) is 0 Å². The van der Waals surface area contributed by atoms with Crippen LogP contribution in [0.3, 0.4) is 0 Å². The fourth-order valence-electron chi connectivity index (χ4n) is 14.9. The molecule has 17 nitrogen and oxygen atoms in total. The first-order valence-corrected chi connectivity index (χ1v) is 26.2. The minimum atomic E-state index is -1.74. The molecule has 0 unspecified atom stereocenters. The first-order chi connectivity index (χ1) is 32.3. The van der Waals surface area contributed by atoms with E-state index in [0.29, 0.717) is 54.8 Å². The van der Waals surface area contributed by atoms with Crippen molar-refractivity contribution in [2.45, 2.75) is 242 Å². The fraction of sp³-hybridized carbons (Fsp3) is 0.941. The van der Waals surface area contributed by atoms with E-state index >= 15 is 0 Å². The largest absolute Gasteiger partial charge is 0.457 e. The summed E-state index contributed by atoms with van der Waals surface area (Å²) < 4.78 is 56.4. The Balaban J connectivity index is 0.895. The lowest BCUT2D eigenvalue weighted by atomic mass is 9.47. The number of rotatable bonds is 12. The number of aliphatic hydroxyl groups excluding tert-OH is 7. The summed E-state index contributed by atoms with van der Waals surface area (Å²) in [5.41, 5.74) is 1.50. The summed E-state index contributed by atoms with van der Waals surface area (Å²) in [5, 5.41) is 77.5. The highest BCUT2D eigenvalue weighted by Crippen LogP contribution is 2.70. The van der Waals surface area contributed by atoms with Crippen LogP contribution >= 0.6 is 0 Å². The molecule has 26 atom stereocenters. The summed E-state index contributed by atoms with van der Waals surface area (Å²) in [6.07, 6.45) is -8.05. The van der Waals surface area contributed by atoms with Crippen LogP contribution in [-0.4, -0.2) is 165 Å². The highest BCUT2D eigenvalue weighted by atomic mass is 16.8. The van der Waals surface area contributed by atoms with Gasteiger partial charge in [0.2, 0.25) is 0 Å². The Bertz CT molecular complexity index is 1780. The topological polar surface area (TPSA) is 242 Å². The first kappa shape index (κ1) is 51.5. The van der Waals surface area contributed by atoms with Gasteiger partial charge in [0.25, 0.3) is 0 Å². The Morgan fingerprint density at radius 1 is 0.750 bits per heavy atom. The lowest BCUT2D eigenvalue weighted by Gasteiger charge is -2.58. The lowest BCUT2D eigenvalue weighted by Crippen LogP contribution is -2.66. The molecule has 5 aliphatic heterocycles. The SMILES string of the molecule is CCCCCC(=O)O[C@@H]1[C@@H](O)[C@@H](O)[C@H](O[C@H]2[C@H](O)[C@@H](O[C@@H]3O[C@@H](C)[C@H](O)[C@@H](O)[C@H]3O)[C@H](O[C@H]3CC[C@@]4(C)C(=CC[C@H]5[C@@H]6C[C@@H]7O[C@]8(CC[C@@H](C)CO8)[C@@H](C)[C@@H]7[C@@]6(C)CC[C@@H]54)C3)O[C@@H]2CO)O[C@H]1C. The molecule has 9 rings (SSSR count). The molecule has 17 heteroatoms. The third kappa shape index (κ3) is 9.09. The molecular weight excluding hydrogens is 885 g/mol. The number of allylic oxidation sites excluding steroid dienone is 1. The van der Waals surface area contributed by atoms with E-state index in [4.69, 9.17) is 42.6 Å². The number of unbranched alkanes of at least 4 members (excludes halogenated alkanes) is 2. The van der Waals surface area contributed by atoms with Crippen LogP contribution in [-0.2, 0) is 47.4 Å². The number of carbonyl (C=O) groups excluding carboxylic acids is 1. The predicted molar refractivity (Wildman–Crippen MR) is 241 cm³/mol. The zero-order valence-corrected chi connectivity index (χ0v) is 41.2. The van der Waals surface area contributed by atoms with Gasteiger partial charge in [-0.25, -0.2) is 0 Å². The van der Waals surface area contributed by atoms with Crippen LogP contribution in [0.2, 0.25) is 0 Å². The molecule has 3 saturated carbocycles. The van der Waals surface area contributed by atoms with E-state index in [1.54, 1.807) is 6.92 Å². The number of hydrogen-bond donors (Lipinski definition) is 7. The normalized spacial score (nSPS) is 53.5. The maximum atomic E-state index is 12.6. The standard InChI is InChI=1S/C51H82O17/c1-8-9-10-11-35(53)65-43-27(5)62-47(41(58)39(43)56)66-44-34(22-52)64-48(45(42(44)59)67-46-40(57)38(55)37(54)26(4)61-46)63-29-15-17-49(6)28(20-29)12-13-30-31(49)16-18-50(7)32(30)21-33-36(50)25(3)51(68-33)19-14-24(2)23-60-51/h12,24-27,29-34,36-48,52,54-59H,8-11,13-23H2,1-7H3/t24-,25+,26+,27+,29+,30-,31+,32+,33+,34-,36+,37+,38-,39+,40-,41-,42+,43+,44-,45-,46+,47+,48-,49+,50+,51-/m1/s1. The minimum Gasteiger partial charge on any atom is -0.457 e. The lowest BCUT2D eigenvalue weighted by molar-refractivity contribution is -0.388. The van der Waals surface area contributed by atoms with Crippen molar-refractivity contribution in [1.29, 1.82) is 0 Å². The number of fused-ring (bicyclic) bond motifs is 7. The minimum absolute atomic E-state index is 0.0321. The van der Waals surface area contributed by atoms with Crippen LogP contribution in [0.5, 0.6) is 0 Å². The van der Waals surface area contributed by atoms with Crippen molar-refractivity contribution >= 4 is 5.97 Å². The molecule has 9 aliphatic rings. The van der Waals surface area contributed by atoms with E-state index in [0.717, 1.165) is 64.4 Å². The van der Waals surface area contributed by atoms with Crippen molar-refractivity contribution < 1.29 is 83.2 Å². The Hall–Kier alpha value is -1.39. The zero-order valence-electron chi connectivity index (χ0n) is 41.2. The molecular formula is C51H82O17. The molecule has 7 N–H and O–H groups in total. The molecule has 8 fully saturated rings. The fourth-order valence-corrected chi connectivity index (χ4v) is 14.9. The van der Waals surface area contributed by atoms with Crippen LogP contribution in [0.4, 0.5) is 0 Å². The van der Waals surface area contributed by atoms with Crippen LogP contribution in [0.25, 0.3) is 0 Å². The molecule has 4 aliphatic carbocycles. The van der Waals surface area contributed by atoms with Gasteiger partial charge < -0.3 is 78.4 Å². The summed E-state index contributed by atoms with van der Waals surface area (Å²) in [6.45, 7) is 14.8. The van der Waals surface area contributed by atoms with Crippen molar-refractivity contribution in [2.75, 3.05) is 13.2 Å². The summed E-state index contributed by atoms with van der Waals surface area (Å²) >= 11 is 0. The average molecular weight is 967 g/mol. The summed E-state index contributed by atoms with van der Waals surface area (Å²) in [5.74, 6) is 2.04. The van der Waals surface area contributed by atoms with Crippen molar-refractivity contribution in [3.05, 3.63) is 11.6 Å². The predicted octanol–water partition coefficient (Wildman–Crippen LogP) is 3.37. The van der Waals surface area contributed by atoms with Gasteiger partial charge in [-0.1, -0.05) is 59.1 Å². The van der Waals surface area contributed by atoms with Gasteiger partial charge in [-0.15, -0.1) is 0 Å². The van der Waals surface area contributed by atoms with E-state index in [-0.39, 0.29) is 29.5 Å². The van der Waals surface area contributed by atoms with E-state index < -0.39 is 110 Å². The molecule has 0 amide bonds. The van der Waals surface area contributed by atoms with Gasteiger partial charge >= 0.3 is 5.97 Å². The Labute approximate surface area is 401 Å². The van der Waals surface area contributed by atoms with Gasteiger partial charge in [-0.05, 0) is 112 Å². The van der Waals surface area contributed by atoms with E-state index in [1.165, 1.54) is 12.5 Å². The van der Waals surface area contributed by atoms with Crippen molar-refractivity contribution in [3.63, 3.8) is 0 Å². The van der Waals surface area contributed by atoms with Crippen molar-refractivity contribution in [2.24, 2.45) is 46.3 Å². The molecule has 1 spiro atoms. The number of carbonyl (C=O) groups is 1. The molecule has 5 saturated heterocycles. The Morgan fingerprint density at radius 3 is 2.18 bits per heavy atom. The van der Waals surface area contributed by atoms with Gasteiger partial charge in [0.05, 0.1) is 37.6 Å². The summed E-state index contributed by atoms with van der Waals surface area (Å²) in [6, 6.07) is 0. The maximum Gasteiger partial charge on any atom is 0.306 e. The monoisotopic (exact) mass is 967 g/mol. The van der Waals surface area contributed by atoms with Gasteiger partial charge in [0.15, 0.2) is 30.8 Å². The third-order valence-electron chi connectivity index (χ3n) is 18.9. The van der Waals surface area contributed by atoms with Gasteiger partial charge in [-0.3, -0.25) is 4.79 Å². The average Bonchev–Trinajstić information content (AvgIpc) is 3.76. The number of aliphatic hydroxyl groups is 7. The summed E-state index contributed by atoms with van der Waals surface area (Å²) in [7, 11) is 0. The molecule has 68 heavy (non-hydrogen) atoms. The molecule has 0 aromatic carbocycles. The van der Waals surface area contributed by atoms with Gasteiger partial charge in [0, 0.05) is 18.8 Å². The molecule has 0 aromatic rings. The Kier molecular flexibility index (Phi) is 15.3. The second-order valence-corrected chi connectivity index (χ2v) is 23.0. The quantitative estimate of drug-likeness (QED) is 0.0843. The van der Waals surface area contributed by atoms with Crippen LogP contribution in [0.1, 0.15) is 132 Å². The molecule has 5 heterocycles. The van der Waals surface area contributed by atoms with Crippen molar-refractivity contribution in [3.8, 4) is 0 Å². The molecule has 0 aromatic heterocycles. The third-order valence-corrected chi connectivity index (χ3v) is 18.9. The molecule has 0 bridgehead atoms. The van der Waals surface area contributed by atoms with Crippen LogP contribution in [0.15, 0.2) is 11.6 Å². The highest BCUT2D eigenvalue weighted by molar-refractivity contribution is 5.69. The Morgan fingerprint density at radius 2 is 1.47 bits per heavy atom. The number of ether oxygens (including phenoxy) is 9. The zero-order chi connectivity index (χ0) is 48.6. The van der Waals surface area contributed by atoms with Crippen LogP contribution in [0, 0.1) is 46.3 Å².